The quantitative estimate of drug-likeness (QED) is 0.508. The third-order valence-corrected chi connectivity index (χ3v) is 1.53. The van der Waals surface area contributed by atoms with Crippen LogP contribution in [0.5, 0.6) is 0 Å². The summed E-state index contributed by atoms with van der Waals surface area (Å²) in [6.07, 6.45) is 0.991. The fourth-order valence-corrected chi connectivity index (χ4v) is 0.854. The van der Waals surface area contributed by atoms with Crippen molar-refractivity contribution in [1.29, 1.82) is 5.39 Å². The molecule has 0 aromatic heterocycles. The molecule has 3 heteroatoms. The van der Waals surface area contributed by atoms with E-state index in [0.29, 0.717) is 5.56 Å². The highest BCUT2D eigenvalue weighted by Crippen LogP contribution is 2.11. The third-order valence-electron chi connectivity index (χ3n) is 1.53. The second-order valence-corrected chi connectivity index (χ2v) is 2.50. The largest absolute Gasteiger partial charge is 0.501 e. The zero-order valence-corrected chi connectivity index (χ0v) is 6.73. The van der Waals surface area contributed by atoms with Gasteiger partial charge in [-0.2, -0.15) is 0 Å². The zero-order chi connectivity index (χ0) is 8.97. The highest BCUT2D eigenvalue weighted by atomic mass is 16.3. The van der Waals surface area contributed by atoms with Gasteiger partial charge in [-0.25, -0.2) is 0 Å². The summed E-state index contributed by atoms with van der Waals surface area (Å²) in [5.74, 6) is -0.0440. The monoisotopic (exact) mass is 161 g/mol. The molecule has 0 radical (unpaired) electrons. The lowest BCUT2D eigenvalue weighted by Gasteiger charge is -1.95. The van der Waals surface area contributed by atoms with E-state index < -0.39 is 0 Å². The molecule has 0 unspecified atom stereocenters. The summed E-state index contributed by atoms with van der Waals surface area (Å²) in [4.78, 5) is 2.72. The minimum absolute atomic E-state index is 0.0440. The maximum atomic E-state index is 9.22. The van der Waals surface area contributed by atoms with E-state index in [9.17, 15) is 5.11 Å². The molecule has 1 aromatic carbocycles. The van der Waals surface area contributed by atoms with Gasteiger partial charge in [-0.15, -0.1) is 0 Å². The molecule has 1 aromatic rings. The average molecular weight is 161 g/mol. The Morgan fingerprint density at radius 3 is 2.50 bits per heavy atom. The maximum Gasteiger partial charge on any atom is 0.392 e. The fraction of sp³-hybridized carbons (Fsp3) is 0.111. The summed E-state index contributed by atoms with van der Waals surface area (Å²) < 4.78 is 0. The number of aliphatic hydroxyl groups excluding tert-OH is 1. The number of rotatable bonds is 1. The molecule has 60 valence electrons. The van der Waals surface area contributed by atoms with Gasteiger partial charge < -0.3 is 5.11 Å². The van der Waals surface area contributed by atoms with Crippen molar-refractivity contribution >= 4 is 5.76 Å². The number of benzene rings is 1. The molecule has 0 fully saturated rings. The van der Waals surface area contributed by atoms with Crippen molar-refractivity contribution in [3.8, 4) is 0 Å². The van der Waals surface area contributed by atoms with E-state index in [1.165, 1.54) is 0 Å². The summed E-state index contributed by atoms with van der Waals surface area (Å²) in [5, 5.41) is 17.4. The molecule has 0 aliphatic rings. The Hall–Kier alpha value is -1.82. The van der Waals surface area contributed by atoms with E-state index in [2.05, 4.69) is 4.98 Å². The molecule has 0 saturated heterocycles. The van der Waals surface area contributed by atoms with E-state index in [-0.39, 0.29) is 5.76 Å². The van der Waals surface area contributed by atoms with Crippen LogP contribution in [-0.4, -0.2) is 5.11 Å². The van der Waals surface area contributed by atoms with Crippen molar-refractivity contribution in [2.45, 2.75) is 6.92 Å². The van der Waals surface area contributed by atoms with Gasteiger partial charge in [0.25, 0.3) is 0 Å². The normalized spacial score (nSPS) is 10.8. The van der Waals surface area contributed by atoms with Crippen LogP contribution in [0.25, 0.3) is 10.7 Å². The van der Waals surface area contributed by atoms with Crippen LogP contribution in [0.4, 0.5) is 0 Å². The van der Waals surface area contributed by atoms with Gasteiger partial charge in [0.2, 0.25) is 11.2 Å². The summed E-state index contributed by atoms with van der Waals surface area (Å²) in [6, 6.07) is 7.26. The lowest BCUT2D eigenvalue weighted by molar-refractivity contribution is 0.511. The molecule has 12 heavy (non-hydrogen) atoms. The molecule has 0 aliphatic heterocycles. The van der Waals surface area contributed by atoms with Gasteiger partial charge in [-0.05, 0) is 6.92 Å². The third kappa shape index (κ3) is 1.83. The lowest BCUT2D eigenvalue weighted by atomic mass is 10.1. The molecule has 0 saturated carbocycles. The van der Waals surface area contributed by atoms with Gasteiger partial charge in [-0.1, -0.05) is 29.8 Å². The lowest BCUT2D eigenvalue weighted by Crippen LogP contribution is -1.81. The summed E-state index contributed by atoms with van der Waals surface area (Å²) in [7, 11) is 0. The highest BCUT2D eigenvalue weighted by Gasteiger charge is 2.01. The van der Waals surface area contributed by atoms with E-state index in [0.717, 1.165) is 11.8 Å². The van der Waals surface area contributed by atoms with Gasteiger partial charge in [0, 0.05) is 5.56 Å². The summed E-state index contributed by atoms with van der Waals surface area (Å²) >= 11 is 0. The molecular formula is C9H9N2O+. The predicted molar refractivity (Wildman–Crippen MR) is 46.9 cm³/mol. The van der Waals surface area contributed by atoms with Crippen LogP contribution < -0.4 is 0 Å². The molecule has 0 heterocycles. The minimum atomic E-state index is -0.0440. The van der Waals surface area contributed by atoms with Crippen molar-refractivity contribution in [2.24, 2.45) is 0 Å². The van der Waals surface area contributed by atoms with Crippen LogP contribution >= 0.6 is 0 Å². The predicted octanol–water partition coefficient (Wildman–Crippen LogP) is 2.70. The van der Waals surface area contributed by atoms with Crippen molar-refractivity contribution in [3.63, 3.8) is 0 Å². The van der Waals surface area contributed by atoms with Crippen molar-refractivity contribution in [2.75, 3.05) is 0 Å². The van der Waals surface area contributed by atoms with Crippen molar-refractivity contribution in [3.05, 3.63) is 46.6 Å². The average Bonchev–Trinajstić information content (AvgIpc) is 2.06. The molecule has 0 bridgehead atoms. The molecule has 0 aliphatic carbocycles. The number of diazo groups is 1. The van der Waals surface area contributed by atoms with Crippen molar-refractivity contribution < 1.29 is 5.11 Å². The minimum Gasteiger partial charge on any atom is -0.501 e. The van der Waals surface area contributed by atoms with Crippen LogP contribution in [-0.2, 0) is 0 Å². The topological polar surface area (TPSA) is 48.4 Å². The van der Waals surface area contributed by atoms with E-state index >= 15 is 0 Å². The Morgan fingerprint density at radius 2 is 2.00 bits per heavy atom. The first-order valence-electron chi connectivity index (χ1n) is 3.54. The van der Waals surface area contributed by atoms with Crippen LogP contribution in [0.15, 0.2) is 30.5 Å². The maximum absolute atomic E-state index is 9.22. The van der Waals surface area contributed by atoms with E-state index in [4.69, 9.17) is 5.39 Å². The van der Waals surface area contributed by atoms with Gasteiger partial charge in [0.15, 0.2) is 4.98 Å². The second-order valence-electron chi connectivity index (χ2n) is 2.50. The first-order chi connectivity index (χ1) is 5.74. The molecule has 1 N–H and O–H groups in total. The van der Waals surface area contributed by atoms with E-state index in [1.54, 1.807) is 12.1 Å². The Kier molecular flexibility index (Phi) is 2.44. The Balaban J connectivity index is 2.99. The van der Waals surface area contributed by atoms with Gasteiger partial charge in [0.1, 0.15) is 0 Å². The Labute approximate surface area is 70.6 Å². The highest BCUT2D eigenvalue weighted by molar-refractivity contribution is 5.59. The number of hydrogen-bond acceptors (Lipinski definition) is 2. The first-order valence-corrected chi connectivity index (χ1v) is 3.54. The molecular weight excluding hydrogens is 152 g/mol. The van der Waals surface area contributed by atoms with Gasteiger partial charge >= 0.3 is 6.20 Å². The molecule has 0 spiro atoms. The molecule has 1 rings (SSSR count). The van der Waals surface area contributed by atoms with Crippen LogP contribution in [0, 0.1) is 12.3 Å². The van der Waals surface area contributed by atoms with Crippen molar-refractivity contribution in [1.82, 2.24) is 0 Å². The molecule has 0 amide bonds. The Morgan fingerprint density at radius 1 is 1.42 bits per heavy atom. The van der Waals surface area contributed by atoms with Crippen LogP contribution in [0.1, 0.15) is 11.1 Å². The van der Waals surface area contributed by atoms with E-state index in [1.807, 2.05) is 19.1 Å². The van der Waals surface area contributed by atoms with Gasteiger partial charge in [0.05, 0.1) is 0 Å². The first kappa shape index (κ1) is 8.28. The number of aliphatic hydroxyl groups is 1. The number of hydrogen-bond donors (Lipinski definition) is 1. The van der Waals surface area contributed by atoms with Crippen LogP contribution in [0.3, 0.4) is 0 Å². The Bertz CT molecular complexity index is 333. The smallest absolute Gasteiger partial charge is 0.392 e. The fourth-order valence-electron chi connectivity index (χ4n) is 0.854. The number of aryl methyl sites for hydroxylation is 1. The molecule has 0 atom stereocenters. The standard InChI is InChI=1S/C9H8N2O/c1-7-2-4-8(5-3-7)9(12)6-11-10/h2-6H,1H3/p+1/b9-6+. The van der Waals surface area contributed by atoms with Gasteiger partial charge in [-0.3, -0.25) is 0 Å². The van der Waals surface area contributed by atoms with Crippen LogP contribution in [0.2, 0.25) is 0 Å². The molecule has 3 nitrogen and oxygen atoms in total. The SMILES string of the molecule is Cc1ccc(/C(O)=C\[N+]#N)cc1. The number of nitrogens with zero attached hydrogens (tertiary/aromatic N) is 2. The summed E-state index contributed by atoms with van der Waals surface area (Å²) in [5.41, 5.74) is 1.76. The zero-order valence-electron chi connectivity index (χ0n) is 6.73. The second kappa shape index (κ2) is 3.54. The summed E-state index contributed by atoms with van der Waals surface area (Å²) in [6.45, 7) is 1.96.